The van der Waals surface area contributed by atoms with Gasteiger partial charge in [0.15, 0.2) is 0 Å². The third-order valence-corrected chi connectivity index (χ3v) is 8.11. The van der Waals surface area contributed by atoms with E-state index in [1.807, 2.05) is 0 Å². The minimum absolute atomic E-state index is 0. The van der Waals surface area contributed by atoms with Crippen molar-refractivity contribution in [3.8, 4) is 22.3 Å². The number of benzene rings is 6. The number of fused-ring (bicyclic) bond motifs is 4. The predicted molar refractivity (Wildman–Crippen MR) is 192 cm³/mol. The first kappa shape index (κ1) is 37.2. The minimum atomic E-state index is 0. The quantitative estimate of drug-likeness (QED) is 0.145. The zero-order chi connectivity index (χ0) is 29.8. The summed E-state index contributed by atoms with van der Waals surface area (Å²) in [6.45, 7) is 8.72. The van der Waals surface area contributed by atoms with Crippen molar-refractivity contribution in [3.63, 3.8) is 0 Å². The number of hydrogen-bond donors (Lipinski definition) is 0. The second-order valence-electron chi connectivity index (χ2n) is 11.1. The molecule has 0 aromatic heterocycles. The van der Waals surface area contributed by atoms with Crippen LogP contribution < -0.4 is 24.8 Å². The predicted octanol–water partition coefficient (Wildman–Crippen LogP) is 6.17. The average molecular weight is 818 g/mol. The first-order chi connectivity index (χ1) is 21.1. The van der Waals surface area contributed by atoms with E-state index in [-0.39, 0.29) is 50.7 Å². The Labute approximate surface area is 307 Å². The zero-order valence-electron chi connectivity index (χ0n) is 26.6. The molecule has 8 rings (SSSR count). The summed E-state index contributed by atoms with van der Waals surface area (Å²) in [5.74, 6) is 0. The molecule has 0 amide bonds. The Balaban J connectivity index is 0.000000218. The van der Waals surface area contributed by atoms with Crippen LogP contribution in [-0.2, 0) is 25.8 Å². The molecular formula is C42H36Cl2HfSi. The van der Waals surface area contributed by atoms with Crippen molar-refractivity contribution < 1.29 is 50.7 Å². The van der Waals surface area contributed by atoms with Crippen molar-refractivity contribution in [2.24, 2.45) is 0 Å². The standard InChI is InChI=1S/2C20H15.C2H6Si.2ClH.Hf/c2*1-14-13-16-8-3-5-11-18(16)20(14)19-12-6-9-15-7-2-4-10-17(15)19;1-3-2;;;/h2*2-13H,1H3;1-2H3;2*1H;/q2*-1;;;;+4/p-2. The molecule has 2 radical (unpaired) electrons. The van der Waals surface area contributed by atoms with Crippen LogP contribution >= 0.6 is 0 Å². The van der Waals surface area contributed by atoms with Gasteiger partial charge in [0.2, 0.25) is 0 Å². The smallest absolute Gasteiger partial charge is 1.00 e. The number of halogens is 2. The van der Waals surface area contributed by atoms with Crippen LogP contribution in [0.1, 0.15) is 11.1 Å². The van der Waals surface area contributed by atoms with Crippen LogP contribution in [0.3, 0.4) is 0 Å². The van der Waals surface area contributed by atoms with Gasteiger partial charge in [-0.3, -0.25) is 0 Å². The Morgan fingerprint density at radius 1 is 0.413 bits per heavy atom. The zero-order valence-corrected chi connectivity index (χ0v) is 32.7. The molecule has 8 aromatic rings. The van der Waals surface area contributed by atoms with Gasteiger partial charge < -0.3 is 24.8 Å². The van der Waals surface area contributed by atoms with Crippen LogP contribution in [0.4, 0.5) is 0 Å². The molecule has 0 N–H and O–H groups in total. The van der Waals surface area contributed by atoms with E-state index in [2.05, 4.69) is 173 Å². The van der Waals surface area contributed by atoms with Crippen molar-refractivity contribution in [1.29, 1.82) is 0 Å². The maximum Gasteiger partial charge on any atom is 4.00 e. The van der Waals surface area contributed by atoms with Crippen LogP contribution in [0.2, 0.25) is 13.1 Å². The minimum Gasteiger partial charge on any atom is -1.00 e. The SMILES string of the molecule is C[Si]C.Cc1[cH-]c2ccccc2c1-c1cccc2ccccc12.Cc1[cH-]c2ccccc2c1-c1cccc2ccccc12.[Cl-].[Cl-].[Hf+4]. The third kappa shape index (κ3) is 7.48. The van der Waals surface area contributed by atoms with Crippen LogP contribution in [0, 0.1) is 13.8 Å². The first-order valence-electron chi connectivity index (χ1n) is 15.0. The molecule has 8 aromatic carbocycles. The van der Waals surface area contributed by atoms with Gasteiger partial charge in [-0.15, -0.1) is 92.3 Å². The summed E-state index contributed by atoms with van der Waals surface area (Å²) in [5.41, 5.74) is 8.11. The van der Waals surface area contributed by atoms with Crippen LogP contribution in [0.15, 0.2) is 146 Å². The molecular weight excluding hydrogens is 782 g/mol. The van der Waals surface area contributed by atoms with Crippen molar-refractivity contribution in [2.45, 2.75) is 26.9 Å². The van der Waals surface area contributed by atoms with E-state index in [0.29, 0.717) is 0 Å². The Bertz CT molecular complexity index is 2010. The number of hydrogen-bond acceptors (Lipinski definition) is 0. The molecule has 0 spiro atoms. The summed E-state index contributed by atoms with van der Waals surface area (Å²) < 4.78 is 0. The third-order valence-electron chi connectivity index (χ3n) is 8.11. The van der Waals surface area contributed by atoms with Crippen molar-refractivity contribution in [3.05, 3.63) is 157 Å². The molecule has 0 heterocycles. The Morgan fingerprint density at radius 3 is 1.11 bits per heavy atom. The molecule has 226 valence electrons. The maximum absolute atomic E-state index is 2.28. The van der Waals surface area contributed by atoms with E-state index in [9.17, 15) is 0 Å². The van der Waals surface area contributed by atoms with Crippen LogP contribution in [0.25, 0.3) is 65.3 Å². The maximum atomic E-state index is 2.28. The summed E-state index contributed by atoms with van der Waals surface area (Å²) in [6, 6.07) is 52.2. The molecule has 0 atom stereocenters. The van der Waals surface area contributed by atoms with Gasteiger partial charge in [0.1, 0.15) is 0 Å². The fourth-order valence-electron chi connectivity index (χ4n) is 6.34. The van der Waals surface area contributed by atoms with Gasteiger partial charge in [-0.25, -0.2) is 0 Å². The van der Waals surface area contributed by atoms with Gasteiger partial charge in [-0.1, -0.05) is 135 Å². The molecule has 0 saturated carbocycles. The van der Waals surface area contributed by atoms with Gasteiger partial charge in [0.05, 0.1) is 0 Å². The van der Waals surface area contributed by atoms with E-state index >= 15 is 0 Å². The van der Waals surface area contributed by atoms with E-state index in [1.54, 1.807) is 0 Å². The normalized spacial score (nSPS) is 10.2. The Kier molecular flexibility index (Phi) is 13.8. The van der Waals surface area contributed by atoms with Crippen molar-refractivity contribution >= 4 is 52.6 Å². The Hall–Kier alpha value is -3.27. The van der Waals surface area contributed by atoms with E-state index in [1.165, 1.54) is 76.5 Å². The van der Waals surface area contributed by atoms with Gasteiger partial charge in [0, 0.05) is 9.52 Å². The second-order valence-corrected chi connectivity index (χ2v) is 12.1. The van der Waals surface area contributed by atoms with Gasteiger partial charge in [-0.2, -0.15) is 0 Å². The van der Waals surface area contributed by atoms with Crippen molar-refractivity contribution in [1.82, 2.24) is 0 Å². The number of aryl methyl sites for hydroxylation is 2. The van der Waals surface area contributed by atoms with Crippen molar-refractivity contribution in [2.75, 3.05) is 0 Å². The molecule has 0 unspecified atom stereocenters. The summed E-state index contributed by atoms with van der Waals surface area (Å²) >= 11 is 0. The van der Waals surface area contributed by atoms with Gasteiger partial charge in [-0.05, 0) is 21.5 Å². The largest absolute Gasteiger partial charge is 4.00 e. The Morgan fingerprint density at radius 2 is 0.717 bits per heavy atom. The average Bonchev–Trinajstić information content (AvgIpc) is 3.56. The fraction of sp³-hybridized carbons (Fsp3) is 0.0952. The molecule has 0 aliphatic rings. The topological polar surface area (TPSA) is 0 Å². The molecule has 4 heteroatoms. The number of rotatable bonds is 2. The summed E-state index contributed by atoms with van der Waals surface area (Å²) in [7, 11) is 1.08. The summed E-state index contributed by atoms with van der Waals surface area (Å²) in [5, 5.41) is 10.6. The first-order valence-corrected chi connectivity index (χ1v) is 17.0. The monoisotopic (exact) mass is 818 g/mol. The molecule has 0 bridgehead atoms. The van der Waals surface area contributed by atoms with Crippen LogP contribution in [0.5, 0.6) is 0 Å². The molecule has 0 aliphatic heterocycles. The molecule has 0 saturated heterocycles. The molecule has 0 nitrogen and oxygen atoms in total. The van der Waals surface area contributed by atoms with E-state index in [0.717, 1.165) is 9.52 Å². The summed E-state index contributed by atoms with van der Waals surface area (Å²) in [6.07, 6.45) is 0. The molecule has 0 aliphatic carbocycles. The fourth-order valence-corrected chi connectivity index (χ4v) is 6.34. The molecule has 0 fully saturated rings. The van der Waals surface area contributed by atoms with Crippen LogP contribution in [-0.4, -0.2) is 9.52 Å². The van der Waals surface area contributed by atoms with E-state index in [4.69, 9.17) is 0 Å². The van der Waals surface area contributed by atoms with E-state index < -0.39 is 0 Å². The van der Waals surface area contributed by atoms with Gasteiger partial charge >= 0.3 is 25.8 Å². The van der Waals surface area contributed by atoms with Gasteiger partial charge in [0.25, 0.3) is 0 Å². The molecule has 46 heavy (non-hydrogen) atoms. The second kappa shape index (κ2) is 17.0. The summed E-state index contributed by atoms with van der Waals surface area (Å²) in [4.78, 5) is 0.